The third kappa shape index (κ3) is 4.23. The molecular formula is C15H23N3O3. The van der Waals surface area contributed by atoms with Crippen LogP contribution in [0.5, 0.6) is 0 Å². The highest BCUT2D eigenvalue weighted by Gasteiger charge is 2.22. The summed E-state index contributed by atoms with van der Waals surface area (Å²) in [4.78, 5) is 14.9. The second-order valence-electron chi connectivity index (χ2n) is 5.48. The van der Waals surface area contributed by atoms with E-state index in [2.05, 4.69) is 16.7 Å². The van der Waals surface area contributed by atoms with Crippen LogP contribution in [-0.2, 0) is 6.54 Å². The minimum absolute atomic E-state index is 0.136. The van der Waals surface area contributed by atoms with Crippen molar-refractivity contribution in [3.63, 3.8) is 0 Å². The van der Waals surface area contributed by atoms with E-state index in [4.69, 9.17) is 0 Å². The first kappa shape index (κ1) is 15.9. The Hall–Kier alpha value is -1.50. The lowest BCUT2D eigenvalue weighted by Crippen LogP contribution is -2.50. The van der Waals surface area contributed by atoms with Gasteiger partial charge in [0.25, 0.3) is 5.69 Å². The van der Waals surface area contributed by atoms with Crippen LogP contribution in [0.2, 0.25) is 0 Å². The molecular weight excluding hydrogens is 270 g/mol. The van der Waals surface area contributed by atoms with Gasteiger partial charge in [-0.3, -0.25) is 19.9 Å². The standard InChI is InChI=1S/C15H23N3O3/c1-2-14(12-19)17-9-7-16(8-10-17)11-13-3-5-15(6-4-13)18(20)21/h3-6,14,19H,2,7-12H2,1H3. The summed E-state index contributed by atoms with van der Waals surface area (Å²) in [5, 5.41) is 20.0. The molecule has 1 N–H and O–H groups in total. The largest absolute Gasteiger partial charge is 0.395 e. The summed E-state index contributed by atoms with van der Waals surface area (Å²) in [6.07, 6.45) is 0.971. The normalized spacial score (nSPS) is 18.6. The van der Waals surface area contributed by atoms with Gasteiger partial charge in [-0.1, -0.05) is 19.1 Å². The molecule has 1 unspecified atom stereocenters. The molecule has 1 fully saturated rings. The van der Waals surface area contributed by atoms with Crippen molar-refractivity contribution in [2.24, 2.45) is 0 Å². The molecule has 0 saturated carbocycles. The van der Waals surface area contributed by atoms with Gasteiger partial charge in [-0.2, -0.15) is 0 Å². The van der Waals surface area contributed by atoms with Crippen LogP contribution in [0, 0.1) is 10.1 Å². The number of nitro benzene ring substituents is 1. The second kappa shape index (κ2) is 7.49. The van der Waals surface area contributed by atoms with Crippen molar-refractivity contribution in [2.75, 3.05) is 32.8 Å². The molecule has 116 valence electrons. The lowest BCUT2D eigenvalue weighted by Gasteiger charge is -2.38. The minimum atomic E-state index is -0.373. The van der Waals surface area contributed by atoms with E-state index in [1.807, 2.05) is 12.1 Å². The van der Waals surface area contributed by atoms with Crippen molar-refractivity contribution in [3.05, 3.63) is 39.9 Å². The Bertz CT molecular complexity index is 452. The number of hydrogen-bond acceptors (Lipinski definition) is 5. The maximum atomic E-state index is 10.6. The number of rotatable bonds is 6. The van der Waals surface area contributed by atoms with E-state index >= 15 is 0 Å². The van der Waals surface area contributed by atoms with Gasteiger partial charge >= 0.3 is 0 Å². The maximum Gasteiger partial charge on any atom is 0.269 e. The van der Waals surface area contributed by atoms with E-state index in [1.54, 1.807) is 12.1 Å². The number of aliphatic hydroxyl groups is 1. The Morgan fingerprint density at radius 2 is 1.86 bits per heavy atom. The summed E-state index contributed by atoms with van der Waals surface area (Å²) >= 11 is 0. The smallest absolute Gasteiger partial charge is 0.269 e. The molecule has 6 heteroatoms. The quantitative estimate of drug-likeness (QED) is 0.635. The molecule has 0 radical (unpaired) electrons. The van der Waals surface area contributed by atoms with Crippen molar-refractivity contribution in [1.29, 1.82) is 0 Å². The summed E-state index contributed by atoms with van der Waals surface area (Å²) in [6, 6.07) is 7.04. The Kier molecular flexibility index (Phi) is 5.67. The predicted molar refractivity (Wildman–Crippen MR) is 81.1 cm³/mol. The fraction of sp³-hybridized carbons (Fsp3) is 0.600. The number of piperazine rings is 1. The van der Waals surface area contributed by atoms with Crippen molar-refractivity contribution in [2.45, 2.75) is 25.9 Å². The number of nitrogens with zero attached hydrogens (tertiary/aromatic N) is 3. The number of nitro groups is 1. The van der Waals surface area contributed by atoms with E-state index in [1.165, 1.54) is 0 Å². The van der Waals surface area contributed by atoms with Crippen molar-refractivity contribution >= 4 is 5.69 Å². The molecule has 0 amide bonds. The SMILES string of the molecule is CCC(CO)N1CCN(Cc2ccc([N+](=O)[O-])cc2)CC1. The number of non-ortho nitro benzene ring substituents is 1. The average molecular weight is 293 g/mol. The molecule has 1 heterocycles. The zero-order chi connectivity index (χ0) is 15.2. The molecule has 1 atom stereocenters. The molecule has 1 aromatic carbocycles. The van der Waals surface area contributed by atoms with Gasteiger partial charge in [0.05, 0.1) is 11.5 Å². The summed E-state index contributed by atoms with van der Waals surface area (Å²) in [5.41, 5.74) is 1.24. The van der Waals surface area contributed by atoms with Crippen molar-refractivity contribution in [1.82, 2.24) is 9.80 Å². The fourth-order valence-electron chi connectivity index (χ4n) is 2.77. The molecule has 0 bridgehead atoms. The fourth-order valence-corrected chi connectivity index (χ4v) is 2.77. The molecule has 21 heavy (non-hydrogen) atoms. The topological polar surface area (TPSA) is 69.8 Å². The van der Waals surface area contributed by atoms with Crippen LogP contribution >= 0.6 is 0 Å². The Balaban J connectivity index is 1.84. The molecule has 0 spiro atoms. The first-order valence-electron chi connectivity index (χ1n) is 7.44. The third-order valence-corrected chi connectivity index (χ3v) is 4.16. The summed E-state index contributed by atoms with van der Waals surface area (Å²) < 4.78 is 0. The highest BCUT2D eigenvalue weighted by atomic mass is 16.6. The lowest BCUT2D eigenvalue weighted by atomic mass is 10.1. The van der Waals surface area contributed by atoms with Gasteiger partial charge < -0.3 is 5.11 Å². The molecule has 1 aromatic rings. The van der Waals surface area contributed by atoms with E-state index < -0.39 is 0 Å². The van der Waals surface area contributed by atoms with Crippen LogP contribution in [0.4, 0.5) is 5.69 Å². The number of benzene rings is 1. The van der Waals surface area contributed by atoms with E-state index in [9.17, 15) is 15.2 Å². The first-order chi connectivity index (χ1) is 10.1. The van der Waals surface area contributed by atoms with E-state index in [0.29, 0.717) is 0 Å². The van der Waals surface area contributed by atoms with Crippen LogP contribution in [0.15, 0.2) is 24.3 Å². The van der Waals surface area contributed by atoms with E-state index in [-0.39, 0.29) is 23.3 Å². The highest BCUT2D eigenvalue weighted by Crippen LogP contribution is 2.15. The minimum Gasteiger partial charge on any atom is -0.395 e. The molecule has 1 saturated heterocycles. The molecule has 6 nitrogen and oxygen atoms in total. The van der Waals surface area contributed by atoms with Gasteiger partial charge in [0, 0.05) is 50.9 Å². The predicted octanol–water partition coefficient (Wildman–Crippen LogP) is 1.48. The monoisotopic (exact) mass is 293 g/mol. The molecule has 0 aromatic heterocycles. The van der Waals surface area contributed by atoms with E-state index in [0.717, 1.165) is 44.7 Å². The first-order valence-corrected chi connectivity index (χ1v) is 7.44. The Morgan fingerprint density at radius 1 is 1.24 bits per heavy atom. The maximum absolute atomic E-state index is 10.6. The van der Waals surface area contributed by atoms with Crippen LogP contribution < -0.4 is 0 Å². The summed E-state index contributed by atoms with van der Waals surface area (Å²) in [5.74, 6) is 0. The van der Waals surface area contributed by atoms with Crippen LogP contribution in [0.1, 0.15) is 18.9 Å². The van der Waals surface area contributed by atoms with Crippen LogP contribution in [0.3, 0.4) is 0 Å². The summed E-state index contributed by atoms with van der Waals surface area (Å²) in [6.45, 7) is 7.00. The van der Waals surface area contributed by atoms with Gasteiger partial charge in [0.1, 0.15) is 0 Å². The van der Waals surface area contributed by atoms with Crippen LogP contribution in [0.25, 0.3) is 0 Å². The number of hydrogen-bond donors (Lipinski definition) is 1. The highest BCUT2D eigenvalue weighted by molar-refractivity contribution is 5.32. The Labute approximate surface area is 125 Å². The van der Waals surface area contributed by atoms with Gasteiger partial charge in [-0.05, 0) is 12.0 Å². The van der Waals surface area contributed by atoms with Crippen molar-refractivity contribution in [3.8, 4) is 0 Å². The second-order valence-corrected chi connectivity index (χ2v) is 5.48. The van der Waals surface area contributed by atoms with Gasteiger partial charge in [0.15, 0.2) is 0 Å². The Morgan fingerprint density at radius 3 is 2.33 bits per heavy atom. The molecule has 1 aliphatic heterocycles. The van der Waals surface area contributed by atoms with Crippen molar-refractivity contribution < 1.29 is 10.0 Å². The van der Waals surface area contributed by atoms with Gasteiger partial charge in [-0.25, -0.2) is 0 Å². The zero-order valence-electron chi connectivity index (χ0n) is 12.4. The van der Waals surface area contributed by atoms with Crippen LogP contribution in [-0.4, -0.2) is 58.7 Å². The third-order valence-electron chi connectivity index (χ3n) is 4.16. The zero-order valence-corrected chi connectivity index (χ0v) is 12.4. The molecule has 2 rings (SSSR count). The van der Waals surface area contributed by atoms with Gasteiger partial charge in [-0.15, -0.1) is 0 Å². The molecule has 1 aliphatic rings. The lowest BCUT2D eigenvalue weighted by molar-refractivity contribution is -0.384. The summed E-state index contributed by atoms with van der Waals surface area (Å²) in [7, 11) is 0. The number of aliphatic hydroxyl groups excluding tert-OH is 1. The van der Waals surface area contributed by atoms with Gasteiger partial charge in [0.2, 0.25) is 0 Å². The molecule has 0 aliphatic carbocycles. The average Bonchev–Trinajstić information content (AvgIpc) is 2.51.